The van der Waals surface area contributed by atoms with Crippen LogP contribution in [0.4, 0.5) is 0 Å². The topological polar surface area (TPSA) is 52.6 Å². The second-order valence-corrected chi connectivity index (χ2v) is 4.48. The van der Waals surface area contributed by atoms with Gasteiger partial charge in [-0.1, -0.05) is 36.9 Å². The minimum absolute atomic E-state index is 0.401. The lowest BCUT2D eigenvalue weighted by atomic mass is 10.0. The molecule has 0 fully saturated rings. The third-order valence-electron chi connectivity index (χ3n) is 2.78. The number of carbonyl (C=O) groups excluding carboxylic acids is 2. The quantitative estimate of drug-likeness (QED) is 0.567. The minimum Gasteiger partial charge on any atom is -0.458 e. The van der Waals surface area contributed by atoms with Gasteiger partial charge in [-0.2, -0.15) is 0 Å². The molecule has 1 aromatic rings. The summed E-state index contributed by atoms with van der Waals surface area (Å²) < 4.78 is 10.4. The molecule has 0 N–H and O–H groups in total. The molecule has 0 saturated heterocycles. The van der Waals surface area contributed by atoms with Crippen molar-refractivity contribution in [1.29, 1.82) is 0 Å². The predicted octanol–water partition coefficient (Wildman–Crippen LogP) is 2.67. The number of carbonyl (C=O) groups is 2. The van der Waals surface area contributed by atoms with Gasteiger partial charge in [0.15, 0.2) is 6.10 Å². The Hall–Kier alpha value is -2.10. The number of hydrogen-bond donors (Lipinski definition) is 0. The zero-order chi connectivity index (χ0) is 15.0. The summed E-state index contributed by atoms with van der Waals surface area (Å²) in [4.78, 5) is 22.2. The highest BCUT2D eigenvalue weighted by Gasteiger charge is 2.24. The first kappa shape index (κ1) is 16.0. The first-order valence-electron chi connectivity index (χ1n) is 6.54. The van der Waals surface area contributed by atoms with Crippen LogP contribution in [-0.2, 0) is 25.5 Å². The Morgan fingerprint density at radius 3 is 2.25 bits per heavy atom. The number of benzene rings is 1. The molecular formula is C16H20O4. The average Bonchev–Trinajstić information content (AvgIpc) is 2.41. The minimum atomic E-state index is -0.625. The highest BCUT2D eigenvalue weighted by molar-refractivity contribution is 5.67. The molecule has 20 heavy (non-hydrogen) atoms. The van der Waals surface area contributed by atoms with Crippen molar-refractivity contribution in [1.82, 2.24) is 0 Å². The van der Waals surface area contributed by atoms with E-state index >= 15 is 0 Å². The molecule has 0 aliphatic carbocycles. The smallest absolute Gasteiger partial charge is 0.303 e. The van der Waals surface area contributed by atoms with Gasteiger partial charge in [-0.15, -0.1) is 0 Å². The summed E-state index contributed by atoms with van der Waals surface area (Å²) in [6.07, 6.45) is 1.63. The number of hydrogen-bond acceptors (Lipinski definition) is 4. The molecule has 2 unspecified atom stereocenters. The molecule has 1 aromatic carbocycles. The summed E-state index contributed by atoms with van der Waals surface area (Å²) in [5, 5.41) is 0. The molecule has 0 spiro atoms. The van der Waals surface area contributed by atoms with Crippen LogP contribution in [0.5, 0.6) is 0 Å². The fourth-order valence-electron chi connectivity index (χ4n) is 1.92. The number of esters is 2. The van der Waals surface area contributed by atoms with E-state index in [9.17, 15) is 9.59 Å². The van der Waals surface area contributed by atoms with Crippen LogP contribution in [0.15, 0.2) is 43.0 Å². The monoisotopic (exact) mass is 276 g/mol. The summed E-state index contributed by atoms with van der Waals surface area (Å²) in [6.45, 7) is 6.28. The van der Waals surface area contributed by atoms with Gasteiger partial charge in [-0.25, -0.2) is 0 Å². The molecule has 0 bridgehead atoms. The van der Waals surface area contributed by atoms with Gasteiger partial charge >= 0.3 is 11.9 Å². The fraction of sp³-hybridized carbons (Fsp3) is 0.375. The normalized spacial score (nSPS) is 13.1. The van der Waals surface area contributed by atoms with Crippen LogP contribution in [0.2, 0.25) is 0 Å². The Kier molecular flexibility index (Phi) is 6.50. The Balaban J connectivity index is 2.69. The van der Waals surface area contributed by atoms with E-state index in [1.807, 2.05) is 30.3 Å². The van der Waals surface area contributed by atoms with Crippen molar-refractivity contribution in [3.05, 3.63) is 48.6 Å². The Labute approximate surface area is 119 Å². The first-order chi connectivity index (χ1) is 9.52. The fourth-order valence-corrected chi connectivity index (χ4v) is 1.92. The Morgan fingerprint density at radius 1 is 1.15 bits per heavy atom. The van der Waals surface area contributed by atoms with E-state index in [1.165, 1.54) is 19.9 Å². The molecule has 0 aliphatic heterocycles. The summed E-state index contributed by atoms with van der Waals surface area (Å²) >= 11 is 0. The standard InChI is InChI=1S/C16H20O4/c1-4-15(19-12(2)17)16(20-13(3)18)11-10-14-8-6-5-7-9-14/h4-9,15-16H,1,10-11H2,2-3H3. The molecule has 4 heteroatoms. The van der Waals surface area contributed by atoms with Crippen molar-refractivity contribution < 1.29 is 19.1 Å². The van der Waals surface area contributed by atoms with Gasteiger partial charge in [0, 0.05) is 13.8 Å². The lowest BCUT2D eigenvalue weighted by Gasteiger charge is -2.23. The molecule has 1 rings (SSSR count). The molecule has 0 aromatic heterocycles. The van der Waals surface area contributed by atoms with E-state index in [1.54, 1.807) is 0 Å². The molecule has 0 amide bonds. The summed E-state index contributed by atoms with van der Waals surface area (Å²) in [5.41, 5.74) is 1.13. The van der Waals surface area contributed by atoms with Crippen LogP contribution in [0.3, 0.4) is 0 Å². The summed E-state index contributed by atoms with van der Waals surface area (Å²) in [7, 11) is 0. The number of ether oxygens (including phenoxy) is 2. The van der Waals surface area contributed by atoms with E-state index < -0.39 is 24.1 Å². The van der Waals surface area contributed by atoms with Gasteiger partial charge in [0.1, 0.15) is 6.10 Å². The molecule has 4 nitrogen and oxygen atoms in total. The maximum absolute atomic E-state index is 11.2. The summed E-state index contributed by atoms with van der Waals surface area (Å²) in [6, 6.07) is 9.85. The van der Waals surface area contributed by atoms with Crippen LogP contribution in [0, 0.1) is 0 Å². The zero-order valence-electron chi connectivity index (χ0n) is 11.9. The van der Waals surface area contributed by atoms with Crippen molar-refractivity contribution in [3.8, 4) is 0 Å². The van der Waals surface area contributed by atoms with Gasteiger partial charge < -0.3 is 9.47 Å². The average molecular weight is 276 g/mol. The third-order valence-corrected chi connectivity index (χ3v) is 2.78. The van der Waals surface area contributed by atoms with Crippen molar-refractivity contribution in [3.63, 3.8) is 0 Å². The largest absolute Gasteiger partial charge is 0.458 e. The zero-order valence-corrected chi connectivity index (χ0v) is 11.9. The highest BCUT2D eigenvalue weighted by Crippen LogP contribution is 2.14. The van der Waals surface area contributed by atoms with Gasteiger partial charge in [0.2, 0.25) is 0 Å². The molecule has 0 radical (unpaired) electrons. The SMILES string of the molecule is C=CC(OC(C)=O)C(CCc1ccccc1)OC(C)=O. The second-order valence-electron chi connectivity index (χ2n) is 4.48. The van der Waals surface area contributed by atoms with E-state index in [0.29, 0.717) is 6.42 Å². The highest BCUT2D eigenvalue weighted by atomic mass is 16.6. The number of aryl methyl sites for hydroxylation is 1. The molecule has 0 heterocycles. The van der Waals surface area contributed by atoms with E-state index in [-0.39, 0.29) is 0 Å². The maximum Gasteiger partial charge on any atom is 0.303 e. The summed E-state index contributed by atoms with van der Waals surface area (Å²) in [5.74, 6) is -0.825. The van der Waals surface area contributed by atoms with E-state index in [2.05, 4.69) is 6.58 Å². The van der Waals surface area contributed by atoms with Gasteiger partial charge in [-0.3, -0.25) is 9.59 Å². The van der Waals surface area contributed by atoms with Crippen molar-refractivity contribution in [2.45, 2.75) is 38.9 Å². The molecule has 0 aliphatic rings. The molecule has 2 atom stereocenters. The van der Waals surface area contributed by atoms with E-state index in [0.717, 1.165) is 12.0 Å². The molecular weight excluding hydrogens is 256 g/mol. The molecule has 0 saturated carbocycles. The van der Waals surface area contributed by atoms with Crippen LogP contribution in [0.1, 0.15) is 25.8 Å². The lowest BCUT2D eigenvalue weighted by molar-refractivity contribution is -0.162. The van der Waals surface area contributed by atoms with Crippen LogP contribution < -0.4 is 0 Å². The Morgan fingerprint density at radius 2 is 1.75 bits per heavy atom. The van der Waals surface area contributed by atoms with Crippen LogP contribution in [0.25, 0.3) is 0 Å². The van der Waals surface area contributed by atoms with Gasteiger partial charge in [0.05, 0.1) is 0 Å². The van der Waals surface area contributed by atoms with Crippen LogP contribution >= 0.6 is 0 Å². The maximum atomic E-state index is 11.2. The van der Waals surface area contributed by atoms with Crippen molar-refractivity contribution >= 4 is 11.9 Å². The lowest BCUT2D eigenvalue weighted by Crippen LogP contribution is -2.33. The first-order valence-corrected chi connectivity index (χ1v) is 6.54. The van der Waals surface area contributed by atoms with Gasteiger partial charge in [-0.05, 0) is 24.5 Å². The van der Waals surface area contributed by atoms with Crippen molar-refractivity contribution in [2.75, 3.05) is 0 Å². The second kappa shape index (κ2) is 8.15. The third kappa shape index (κ3) is 5.69. The Bertz CT molecular complexity index is 453. The van der Waals surface area contributed by atoms with Crippen molar-refractivity contribution in [2.24, 2.45) is 0 Å². The number of rotatable bonds is 7. The molecule has 108 valence electrons. The van der Waals surface area contributed by atoms with Crippen LogP contribution in [-0.4, -0.2) is 24.1 Å². The van der Waals surface area contributed by atoms with E-state index in [4.69, 9.17) is 9.47 Å². The predicted molar refractivity (Wildman–Crippen MR) is 76.1 cm³/mol. The van der Waals surface area contributed by atoms with Gasteiger partial charge in [0.25, 0.3) is 0 Å².